The minimum atomic E-state index is -0.765. The zero-order valence-corrected chi connectivity index (χ0v) is 12.0. The Morgan fingerprint density at radius 3 is 2.70 bits per heavy atom. The van der Waals surface area contributed by atoms with Crippen LogP contribution in [-0.4, -0.2) is 15.8 Å². The summed E-state index contributed by atoms with van der Waals surface area (Å²) in [5.41, 5.74) is 0.517. The second-order valence-electron chi connectivity index (χ2n) is 4.14. The fourth-order valence-corrected chi connectivity index (χ4v) is 2.86. The van der Waals surface area contributed by atoms with Crippen molar-refractivity contribution < 1.29 is 10.0 Å². The van der Waals surface area contributed by atoms with Gasteiger partial charge in [-0.3, -0.25) is 10.1 Å². The smallest absolute Gasteiger partial charge is 0.269 e. The number of non-ortho nitro benzene ring substituents is 1. The summed E-state index contributed by atoms with van der Waals surface area (Å²) in [5.74, 6) is 0.404. The molecule has 104 valence electrons. The van der Waals surface area contributed by atoms with Crippen molar-refractivity contribution in [2.45, 2.75) is 11.0 Å². The van der Waals surface area contributed by atoms with E-state index in [1.807, 2.05) is 18.2 Å². The SMILES string of the molecule is O=[N+]([O-])c1cccc(C(O)CSc2cccc(Cl)c2)c1. The van der Waals surface area contributed by atoms with Gasteiger partial charge < -0.3 is 5.11 Å². The predicted octanol–water partition coefficient (Wildman–Crippen LogP) is 4.07. The number of nitrogens with zero attached hydrogens (tertiary/aromatic N) is 1. The zero-order chi connectivity index (χ0) is 14.5. The number of rotatable bonds is 5. The average Bonchev–Trinajstić information content (AvgIpc) is 2.45. The highest BCUT2D eigenvalue weighted by Gasteiger charge is 2.12. The largest absolute Gasteiger partial charge is 0.388 e. The Kier molecular flexibility index (Phi) is 5.00. The van der Waals surface area contributed by atoms with Gasteiger partial charge in [0.1, 0.15) is 0 Å². The highest BCUT2D eigenvalue weighted by molar-refractivity contribution is 7.99. The van der Waals surface area contributed by atoms with Crippen LogP contribution in [0.2, 0.25) is 5.02 Å². The van der Waals surface area contributed by atoms with E-state index in [1.165, 1.54) is 23.9 Å². The van der Waals surface area contributed by atoms with E-state index >= 15 is 0 Å². The highest BCUT2D eigenvalue weighted by Crippen LogP contribution is 2.27. The first kappa shape index (κ1) is 14.8. The van der Waals surface area contributed by atoms with Gasteiger partial charge in [0.05, 0.1) is 11.0 Å². The first-order chi connectivity index (χ1) is 9.56. The lowest BCUT2D eigenvalue weighted by molar-refractivity contribution is -0.385. The summed E-state index contributed by atoms with van der Waals surface area (Å²) in [5, 5.41) is 21.4. The molecule has 0 aliphatic rings. The van der Waals surface area contributed by atoms with Gasteiger partial charge in [-0.2, -0.15) is 0 Å². The summed E-state index contributed by atoms with van der Waals surface area (Å²) in [6, 6.07) is 13.4. The minimum absolute atomic E-state index is 0.0192. The summed E-state index contributed by atoms with van der Waals surface area (Å²) in [7, 11) is 0. The molecule has 0 saturated carbocycles. The molecule has 0 aromatic heterocycles. The quantitative estimate of drug-likeness (QED) is 0.513. The molecule has 0 radical (unpaired) electrons. The maximum Gasteiger partial charge on any atom is 0.269 e. The molecule has 1 N–H and O–H groups in total. The fourth-order valence-electron chi connectivity index (χ4n) is 1.67. The van der Waals surface area contributed by atoms with Gasteiger partial charge in [0.2, 0.25) is 0 Å². The molecule has 6 heteroatoms. The van der Waals surface area contributed by atoms with Gasteiger partial charge in [0, 0.05) is 27.8 Å². The first-order valence-electron chi connectivity index (χ1n) is 5.87. The number of hydrogen-bond donors (Lipinski definition) is 1. The van der Waals surface area contributed by atoms with Gasteiger partial charge in [-0.25, -0.2) is 0 Å². The molecule has 0 aliphatic carbocycles. The van der Waals surface area contributed by atoms with Gasteiger partial charge in [0.25, 0.3) is 5.69 Å². The Labute approximate surface area is 125 Å². The van der Waals surface area contributed by atoms with E-state index in [-0.39, 0.29) is 5.69 Å². The molecule has 1 unspecified atom stereocenters. The molecule has 0 spiro atoms. The lowest BCUT2D eigenvalue weighted by Gasteiger charge is -2.10. The summed E-state index contributed by atoms with van der Waals surface area (Å²) in [6.07, 6.45) is -0.765. The van der Waals surface area contributed by atoms with Crippen LogP contribution < -0.4 is 0 Å². The van der Waals surface area contributed by atoms with Gasteiger partial charge >= 0.3 is 0 Å². The third-order valence-corrected chi connectivity index (χ3v) is 3.97. The van der Waals surface area contributed by atoms with Crippen molar-refractivity contribution in [3.8, 4) is 0 Å². The number of benzene rings is 2. The van der Waals surface area contributed by atoms with E-state index < -0.39 is 11.0 Å². The zero-order valence-electron chi connectivity index (χ0n) is 10.4. The van der Waals surface area contributed by atoms with Crippen LogP contribution in [0.3, 0.4) is 0 Å². The van der Waals surface area contributed by atoms with Crippen LogP contribution in [-0.2, 0) is 0 Å². The topological polar surface area (TPSA) is 63.4 Å². The number of hydrogen-bond acceptors (Lipinski definition) is 4. The van der Waals surface area contributed by atoms with Crippen LogP contribution in [0.25, 0.3) is 0 Å². The Morgan fingerprint density at radius 2 is 2.00 bits per heavy atom. The standard InChI is InChI=1S/C14H12ClNO3S/c15-11-4-2-6-13(8-11)20-9-14(17)10-3-1-5-12(7-10)16(18)19/h1-8,14,17H,9H2. The molecule has 0 saturated heterocycles. The monoisotopic (exact) mass is 309 g/mol. The molecule has 2 aromatic rings. The van der Waals surface area contributed by atoms with Crippen molar-refractivity contribution in [1.82, 2.24) is 0 Å². The number of aliphatic hydroxyl groups is 1. The van der Waals surface area contributed by atoms with Crippen LogP contribution in [0.5, 0.6) is 0 Å². The molecular formula is C14H12ClNO3S. The normalized spacial score (nSPS) is 12.1. The Hall–Kier alpha value is -1.56. The van der Waals surface area contributed by atoms with Gasteiger partial charge in [-0.1, -0.05) is 29.8 Å². The second-order valence-corrected chi connectivity index (χ2v) is 5.67. The van der Waals surface area contributed by atoms with Crippen LogP contribution in [0.4, 0.5) is 5.69 Å². The summed E-state index contributed by atoms with van der Waals surface area (Å²) < 4.78 is 0. The summed E-state index contributed by atoms with van der Waals surface area (Å²) in [4.78, 5) is 11.2. The number of nitro groups is 1. The predicted molar refractivity (Wildman–Crippen MR) is 80.2 cm³/mol. The molecular weight excluding hydrogens is 298 g/mol. The maximum absolute atomic E-state index is 10.7. The Balaban J connectivity index is 2.03. The van der Waals surface area contributed by atoms with Gasteiger partial charge in [-0.15, -0.1) is 11.8 Å². The number of aliphatic hydroxyl groups excluding tert-OH is 1. The van der Waals surface area contributed by atoms with Crippen molar-refractivity contribution >= 4 is 29.1 Å². The Bertz CT molecular complexity index is 621. The number of thioether (sulfide) groups is 1. The number of nitro benzene ring substituents is 1. The lowest BCUT2D eigenvalue weighted by atomic mass is 10.1. The summed E-state index contributed by atoms with van der Waals surface area (Å²) in [6.45, 7) is 0. The number of halogens is 1. The molecule has 2 aromatic carbocycles. The molecule has 0 fully saturated rings. The third-order valence-electron chi connectivity index (χ3n) is 2.67. The van der Waals surface area contributed by atoms with Crippen molar-refractivity contribution in [3.63, 3.8) is 0 Å². The molecule has 2 rings (SSSR count). The van der Waals surface area contributed by atoms with Crippen molar-refractivity contribution in [2.75, 3.05) is 5.75 Å². The molecule has 0 amide bonds. The molecule has 0 aliphatic heterocycles. The van der Waals surface area contributed by atoms with Crippen molar-refractivity contribution in [2.24, 2.45) is 0 Å². The van der Waals surface area contributed by atoms with Crippen molar-refractivity contribution in [3.05, 3.63) is 69.2 Å². The van der Waals surface area contributed by atoms with E-state index in [9.17, 15) is 15.2 Å². The molecule has 1 atom stereocenters. The molecule has 0 heterocycles. The molecule has 20 heavy (non-hydrogen) atoms. The van der Waals surface area contributed by atoms with Crippen LogP contribution in [0.1, 0.15) is 11.7 Å². The summed E-state index contributed by atoms with van der Waals surface area (Å²) >= 11 is 7.33. The van der Waals surface area contributed by atoms with Crippen LogP contribution in [0, 0.1) is 10.1 Å². The lowest BCUT2D eigenvalue weighted by Crippen LogP contribution is -2.01. The molecule has 0 bridgehead atoms. The van der Waals surface area contributed by atoms with E-state index in [4.69, 9.17) is 11.6 Å². The minimum Gasteiger partial charge on any atom is -0.388 e. The average molecular weight is 310 g/mol. The Morgan fingerprint density at radius 1 is 1.25 bits per heavy atom. The van der Waals surface area contributed by atoms with E-state index in [2.05, 4.69) is 0 Å². The second kappa shape index (κ2) is 6.74. The third kappa shape index (κ3) is 3.96. The van der Waals surface area contributed by atoms with Gasteiger partial charge in [-0.05, 0) is 23.8 Å². The first-order valence-corrected chi connectivity index (χ1v) is 7.23. The maximum atomic E-state index is 10.7. The van der Waals surface area contributed by atoms with Crippen molar-refractivity contribution in [1.29, 1.82) is 0 Å². The van der Waals surface area contributed by atoms with E-state index in [0.29, 0.717) is 16.3 Å². The van der Waals surface area contributed by atoms with E-state index in [0.717, 1.165) is 4.90 Å². The molecule has 4 nitrogen and oxygen atoms in total. The van der Waals surface area contributed by atoms with E-state index in [1.54, 1.807) is 18.2 Å². The fraction of sp³-hybridized carbons (Fsp3) is 0.143. The van der Waals surface area contributed by atoms with Gasteiger partial charge in [0.15, 0.2) is 0 Å². The van der Waals surface area contributed by atoms with Crippen LogP contribution >= 0.6 is 23.4 Å². The highest BCUT2D eigenvalue weighted by atomic mass is 35.5. The van der Waals surface area contributed by atoms with Crippen LogP contribution in [0.15, 0.2) is 53.4 Å².